The molecule has 0 bridgehead atoms. The van der Waals surface area contributed by atoms with E-state index in [0.717, 1.165) is 24.0 Å². The number of nitrogens with zero attached hydrogens (tertiary/aromatic N) is 1. The number of phenols is 2. The molecule has 2 unspecified atom stereocenters. The topological polar surface area (TPSA) is 354 Å². The van der Waals surface area contributed by atoms with Crippen molar-refractivity contribution in [3.63, 3.8) is 0 Å². The van der Waals surface area contributed by atoms with E-state index in [1.165, 1.54) is 25.1 Å². The molecule has 6 aromatic carbocycles. The van der Waals surface area contributed by atoms with Crippen LogP contribution in [0.15, 0.2) is 78.9 Å². The Balaban J connectivity index is 0.000000257. The lowest BCUT2D eigenvalue weighted by atomic mass is 9.75. The van der Waals surface area contributed by atoms with Crippen molar-refractivity contribution in [3.05, 3.63) is 147 Å². The number of rotatable bonds is 22. The van der Waals surface area contributed by atoms with Crippen molar-refractivity contribution in [2.24, 2.45) is 5.73 Å². The van der Waals surface area contributed by atoms with E-state index in [1.807, 2.05) is 48.5 Å². The first-order chi connectivity index (χ1) is 47.0. The van der Waals surface area contributed by atoms with Crippen LogP contribution in [0.4, 0.5) is 13.2 Å². The average Bonchev–Trinajstić information content (AvgIpc) is 1.66. The fourth-order valence-corrected chi connectivity index (χ4v) is 10.7. The lowest BCUT2D eigenvalue weighted by Gasteiger charge is -2.32. The van der Waals surface area contributed by atoms with Crippen LogP contribution < -0.4 is 54.7 Å². The first kappa shape index (κ1) is 85.1. The van der Waals surface area contributed by atoms with Crippen LogP contribution in [0, 0.1) is 10.1 Å². The number of nitro groups is 1. The normalized spacial score (nSPS) is 15.1. The van der Waals surface area contributed by atoms with Gasteiger partial charge >= 0.3 is 37.0 Å². The number of carbonyl (C=O) groups excluding carboxylic acids is 4. The molecule has 1 fully saturated rings. The number of para-hydroxylation sites is 1. The number of benzene rings is 6. The molecule has 3 aliphatic heterocycles. The van der Waals surface area contributed by atoms with Crippen LogP contribution in [-0.2, 0) is 28.7 Å². The van der Waals surface area contributed by atoms with Gasteiger partial charge in [0.05, 0.1) is 73.6 Å². The second-order valence-electron chi connectivity index (χ2n) is 21.4. The molecule has 100 heavy (non-hydrogen) atoms. The first-order valence-corrected chi connectivity index (χ1v) is 33.4. The van der Waals surface area contributed by atoms with E-state index in [0.29, 0.717) is 123 Å². The van der Waals surface area contributed by atoms with Crippen molar-refractivity contribution in [1.29, 1.82) is 0 Å². The Kier molecular flexibility index (Phi) is 32.9. The van der Waals surface area contributed by atoms with Crippen LogP contribution in [0.2, 0.25) is 25.1 Å². The van der Waals surface area contributed by atoms with Gasteiger partial charge in [0.15, 0.2) is 53.4 Å². The third-order valence-corrected chi connectivity index (χ3v) is 16.2. The van der Waals surface area contributed by atoms with Gasteiger partial charge in [0.2, 0.25) is 6.54 Å². The van der Waals surface area contributed by atoms with Gasteiger partial charge in [-0.1, -0.05) is 64.1 Å². The number of ether oxygens (including phenoxy) is 6. The Labute approximate surface area is 600 Å². The Morgan fingerprint density at radius 2 is 0.910 bits per heavy atom. The lowest BCUT2D eigenvalue weighted by Crippen LogP contribution is -2.41. The average molecular weight is 1520 g/mol. The predicted octanol–water partition coefficient (Wildman–Crippen LogP) is 10.7. The fraction of sp³-hybridized carbons (Fsp3) is 0.365. The summed E-state index contributed by atoms with van der Waals surface area (Å²) in [5.74, 6) is 0.575. The summed E-state index contributed by atoms with van der Waals surface area (Å²) in [6.07, 6.45) is 0.859. The molecule has 3 heterocycles. The zero-order valence-corrected chi connectivity index (χ0v) is 60.0. The summed E-state index contributed by atoms with van der Waals surface area (Å²) in [5.41, 5.74) is 2.27. The molecule has 9 rings (SSSR count). The maximum Gasteiger partial charge on any atom is 0.534 e. The summed E-state index contributed by atoms with van der Waals surface area (Å²) in [7, 11) is -8.78. The first-order valence-electron chi connectivity index (χ1n) is 30.1. The molecule has 1 saturated heterocycles. The zero-order chi connectivity index (χ0) is 75.2. The summed E-state index contributed by atoms with van der Waals surface area (Å²) in [5, 5.41) is 50.6. The van der Waals surface area contributed by atoms with E-state index in [4.69, 9.17) is 111 Å². The number of aldehydes is 4. The number of nitrogens with two attached hydrogens (primary N) is 1. The van der Waals surface area contributed by atoms with Crippen LogP contribution in [0.1, 0.15) is 134 Å². The van der Waals surface area contributed by atoms with Crippen molar-refractivity contribution in [3.8, 4) is 51.7 Å². The van der Waals surface area contributed by atoms with Crippen LogP contribution in [-0.4, -0.2) is 150 Å². The van der Waals surface area contributed by atoms with Crippen molar-refractivity contribution in [1.82, 2.24) is 0 Å². The summed E-state index contributed by atoms with van der Waals surface area (Å²) in [6, 6.07) is 19.5. The molecule has 37 heteroatoms. The fourth-order valence-electron chi connectivity index (χ4n) is 9.13. The molecule has 3 aliphatic rings. The van der Waals surface area contributed by atoms with E-state index in [2.05, 4.69) is 4.18 Å². The molecule has 6 aromatic rings. The van der Waals surface area contributed by atoms with E-state index in [9.17, 15) is 71.1 Å². The number of carbonyl (C=O) groups is 4. The summed E-state index contributed by atoms with van der Waals surface area (Å²) in [4.78, 5) is 53.1. The minimum absolute atomic E-state index is 0.00106. The second-order valence-corrected chi connectivity index (χ2v) is 25.1. The van der Waals surface area contributed by atoms with E-state index in [-0.39, 0.29) is 58.1 Å². The number of aromatic hydroxyl groups is 2. The summed E-state index contributed by atoms with van der Waals surface area (Å²) < 4.78 is 117. The number of hydrogen-bond acceptors (Lipinski definition) is 24. The Morgan fingerprint density at radius 1 is 0.550 bits per heavy atom. The highest BCUT2D eigenvalue weighted by Gasteiger charge is 2.53. The largest absolute Gasteiger partial charge is 0.534 e. The van der Waals surface area contributed by atoms with Gasteiger partial charge in [0.25, 0.3) is 0 Å². The minimum atomic E-state index is -5.92. The van der Waals surface area contributed by atoms with Gasteiger partial charge in [-0.25, -0.2) is 0 Å². The molecule has 0 amide bonds. The van der Waals surface area contributed by atoms with Crippen LogP contribution >= 0.6 is 58.0 Å². The van der Waals surface area contributed by atoms with Crippen LogP contribution in [0.25, 0.3) is 0 Å². The molecular weight excluding hydrogens is 1450 g/mol. The molecule has 25 nitrogen and oxygen atoms in total. The highest BCUT2D eigenvalue weighted by Crippen LogP contribution is 2.41. The van der Waals surface area contributed by atoms with Crippen molar-refractivity contribution >= 4 is 131 Å². The van der Waals surface area contributed by atoms with Gasteiger partial charge in [-0.3, -0.25) is 29.3 Å². The van der Waals surface area contributed by atoms with Gasteiger partial charge in [0.1, 0.15) is 29.6 Å². The predicted molar refractivity (Wildman–Crippen MR) is 371 cm³/mol. The quantitative estimate of drug-likeness (QED) is 0.0105. The number of phenolic OH excluding ortho intramolecular Hbond substituents is 2. The Morgan fingerprint density at radius 3 is 1.34 bits per heavy atom. The summed E-state index contributed by atoms with van der Waals surface area (Å²) >= 11 is 29.3. The number of halogens is 8. The Hall–Kier alpha value is -7.30. The molecule has 0 aromatic heterocycles. The second kappa shape index (κ2) is 38.7. The number of hydrogen-bond donors (Lipinski definition) is 5. The number of alkyl halides is 3. The van der Waals surface area contributed by atoms with Crippen molar-refractivity contribution < 1.29 is 117 Å². The van der Waals surface area contributed by atoms with Crippen molar-refractivity contribution in [2.75, 3.05) is 52.7 Å². The van der Waals surface area contributed by atoms with Gasteiger partial charge in [-0.2, -0.15) is 21.6 Å². The molecule has 6 N–H and O–H groups in total. The maximum absolute atomic E-state index is 12.3. The lowest BCUT2D eigenvalue weighted by molar-refractivity contribution is -0.490. The minimum Gasteiger partial charge on any atom is -0.504 e. The van der Waals surface area contributed by atoms with Crippen molar-refractivity contribution in [2.45, 2.75) is 98.2 Å². The maximum atomic E-state index is 12.3. The van der Waals surface area contributed by atoms with E-state index < -0.39 is 77.1 Å². The summed E-state index contributed by atoms with van der Waals surface area (Å²) in [6.45, 7) is 20.6. The van der Waals surface area contributed by atoms with Crippen LogP contribution in [0.3, 0.4) is 0 Å². The van der Waals surface area contributed by atoms with E-state index in [1.54, 1.807) is 62.4 Å². The smallest absolute Gasteiger partial charge is 0.504 e. The third kappa shape index (κ3) is 22.6. The SMILES string of the molecule is CCOc1cc(Cl)cc(C=O)c1B1OC(C)(C)C(C)(C)O1.CCOc1cc(Cl)cc(C=O)c1O.CCOc1cc(Cl)cc(C=O)c1OS(=O)(=O)C(F)(F)F.CCOc1cc(Cl)cc2c1B(O)OC2CN.CCOc1cc(Cl)cc2c1B(O)OC2C[N+](=O)[O-].CCOc1cccc(C=O)c1O. The Bertz CT molecular complexity index is 3930. The van der Waals surface area contributed by atoms with Gasteiger partial charge in [-0.15, -0.1) is 0 Å². The highest BCUT2D eigenvalue weighted by molar-refractivity contribution is 7.88. The van der Waals surface area contributed by atoms with Gasteiger partial charge in [0, 0.05) is 70.7 Å². The molecule has 0 aliphatic carbocycles. The number of fused-ring (bicyclic) bond motifs is 2. The monoisotopic (exact) mass is 1520 g/mol. The molecule has 2 atom stereocenters. The van der Waals surface area contributed by atoms with Gasteiger partial charge in [-0.05, 0) is 141 Å². The van der Waals surface area contributed by atoms with Gasteiger partial charge < -0.3 is 77.2 Å². The molecule has 0 spiro atoms. The standard InChI is InChI=1S/C15H20BClO4.C10H11BClNO5.C10H13BClNO3.C10H8ClF3O5S.C9H9ClO3.C9H10O3/c1-6-19-12-8-11(17)7-10(9-18)13(12)16-20-14(2,3)15(4,5)21-16;1-2-17-8-4-6(12)3-7-9(5-13(15)16)18-11(14)10(7)8;1-2-15-8-4-6(12)3-7-9(5-13)16-11(14)10(7)8;1-2-18-8-4-7(11)3-6(5-15)9(8)19-20(16,17)10(12,13)14;1-2-13-8-4-7(10)3-6(5-11)9(8)12;1-2-12-8-5-3-4-7(6-10)9(8)11/h7-9H,6H2,1-5H3;3-4,9,14H,2,5H2,1H3;3-4,9,14H,2,5,13H2,1H3;3-5H,2H2,1H3;3-5,12H,2H2,1H3;3-6,11H,2H2,1H3. The molecule has 0 radical (unpaired) electrons. The molecule has 542 valence electrons. The van der Waals surface area contributed by atoms with Crippen LogP contribution in [0.5, 0.6) is 51.7 Å². The zero-order valence-electron chi connectivity index (χ0n) is 55.4. The molecular formula is C63H71B3Cl5F3N2O23S. The highest BCUT2D eigenvalue weighted by atomic mass is 35.5. The van der Waals surface area contributed by atoms with E-state index >= 15 is 0 Å². The molecule has 0 saturated carbocycles. The third-order valence-electron chi connectivity index (χ3n) is 14.1.